The van der Waals surface area contributed by atoms with Gasteiger partial charge in [0.15, 0.2) is 0 Å². The molecule has 1 aromatic carbocycles. The Morgan fingerprint density at radius 2 is 1.85 bits per heavy atom. The number of aryl methyl sites for hydroxylation is 1. The first-order chi connectivity index (χ1) is 6.31. The van der Waals surface area contributed by atoms with Gasteiger partial charge in [0.25, 0.3) is 0 Å². The second-order valence-electron chi connectivity index (χ2n) is 3.58. The van der Waals surface area contributed by atoms with Crippen molar-refractivity contribution >= 4 is 0 Å². The summed E-state index contributed by atoms with van der Waals surface area (Å²) in [6.07, 6.45) is 5.33. The molecule has 1 nitrogen and oxygen atoms in total. The average Bonchev–Trinajstić information content (AvgIpc) is 2.17. The molecule has 0 amide bonds. The highest BCUT2D eigenvalue weighted by Crippen LogP contribution is 2.28. The normalized spacial score (nSPS) is 25.7. The number of hydrogen-bond acceptors (Lipinski definition) is 1. The van der Waals surface area contributed by atoms with Gasteiger partial charge in [-0.15, -0.1) is 0 Å². The summed E-state index contributed by atoms with van der Waals surface area (Å²) in [5.41, 5.74) is 8.57. The van der Waals surface area contributed by atoms with E-state index in [1.165, 1.54) is 11.1 Å². The SMILES string of the molecule is CCc1ccc(C2C=CC2N)cc1. The summed E-state index contributed by atoms with van der Waals surface area (Å²) in [7, 11) is 0. The van der Waals surface area contributed by atoms with Gasteiger partial charge in [-0.2, -0.15) is 0 Å². The van der Waals surface area contributed by atoms with E-state index < -0.39 is 0 Å². The van der Waals surface area contributed by atoms with E-state index in [0.717, 1.165) is 6.42 Å². The summed E-state index contributed by atoms with van der Waals surface area (Å²) in [6, 6.07) is 8.98. The largest absolute Gasteiger partial charge is 0.324 e. The lowest BCUT2D eigenvalue weighted by molar-refractivity contribution is 0.661. The zero-order chi connectivity index (χ0) is 9.26. The van der Waals surface area contributed by atoms with Gasteiger partial charge in [-0.05, 0) is 17.5 Å². The maximum Gasteiger partial charge on any atom is 0.0329 e. The summed E-state index contributed by atoms with van der Waals surface area (Å²) in [5, 5.41) is 0. The third-order valence-corrected chi connectivity index (χ3v) is 2.73. The summed E-state index contributed by atoms with van der Waals surface area (Å²) >= 11 is 0. The van der Waals surface area contributed by atoms with E-state index in [2.05, 4.69) is 43.3 Å². The Morgan fingerprint density at radius 3 is 2.23 bits per heavy atom. The fourth-order valence-electron chi connectivity index (χ4n) is 1.66. The molecule has 1 heteroatoms. The van der Waals surface area contributed by atoms with E-state index in [0.29, 0.717) is 5.92 Å². The molecule has 0 saturated heterocycles. The molecule has 0 heterocycles. The third kappa shape index (κ3) is 1.52. The van der Waals surface area contributed by atoms with Crippen LogP contribution in [0.2, 0.25) is 0 Å². The summed E-state index contributed by atoms with van der Waals surface area (Å²) in [5.74, 6) is 0.450. The summed E-state index contributed by atoms with van der Waals surface area (Å²) in [6.45, 7) is 2.17. The predicted octanol–water partition coefficient (Wildman–Crippen LogP) is 2.23. The van der Waals surface area contributed by atoms with Gasteiger partial charge in [-0.1, -0.05) is 43.3 Å². The van der Waals surface area contributed by atoms with E-state index in [1.807, 2.05) is 0 Å². The van der Waals surface area contributed by atoms with Gasteiger partial charge in [0.1, 0.15) is 0 Å². The second kappa shape index (κ2) is 3.35. The van der Waals surface area contributed by atoms with Crippen LogP contribution in [0.5, 0.6) is 0 Å². The van der Waals surface area contributed by atoms with Crippen LogP contribution in [0.1, 0.15) is 24.0 Å². The zero-order valence-corrected chi connectivity index (χ0v) is 7.90. The zero-order valence-electron chi connectivity index (χ0n) is 7.90. The maximum absolute atomic E-state index is 5.84. The Kier molecular flexibility index (Phi) is 2.19. The lowest BCUT2D eigenvalue weighted by Gasteiger charge is -2.26. The fraction of sp³-hybridized carbons (Fsp3) is 0.333. The van der Waals surface area contributed by atoms with Gasteiger partial charge >= 0.3 is 0 Å². The molecule has 0 aromatic heterocycles. The summed E-state index contributed by atoms with van der Waals surface area (Å²) in [4.78, 5) is 0. The molecule has 2 unspecified atom stereocenters. The van der Waals surface area contributed by atoms with Gasteiger partial charge in [0, 0.05) is 12.0 Å². The molecular weight excluding hydrogens is 158 g/mol. The van der Waals surface area contributed by atoms with Crippen molar-refractivity contribution in [3.8, 4) is 0 Å². The minimum Gasteiger partial charge on any atom is -0.324 e. The third-order valence-electron chi connectivity index (χ3n) is 2.73. The van der Waals surface area contributed by atoms with Crippen molar-refractivity contribution < 1.29 is 0 Å². The van der Waals surface area contributed by atoms with Gasteiger partial charge in [-0.25, -0.2) is 0 Å². The van der Waals surface area contributed by atoms with Gasteiger partial charge < -0.3 is 5.73 Å². The maximum atomic E-state index is 5.84. The molecule has 1 aliphatic rings. The number of hydrogen-bond donors (Lipinski definition) is 1. The van der Waals surface area contributed by atoms with Crippen LogP contribution in [0.3, 0.4) is 0 Å². The summed E-state index contributed by atoms with van der Waals surface area (Å²) < 4.78 is 0. The first-order valence-electron chi connectivity index (χ1n) is 4.84. The van der Waals surface area contributed by atoms with Crippen LogP contribution in [-0.2, 0) is 6.42 Å². The van der Waals surface area contributed by atoms with E-state index >= 15 is 0 Å². The minimum absolute atomic E-state index is 0.229. The average molecular weight is 173 g/mol. The molecular formula is C12H15N. The Bertz CT molecular complexity index is 310. The second-order valence-corrected chi connectivity index (χ2v) is 3.58. The molecule has 2 atom stereocenters. The highest BCUT2D eigenvalue weighted by Gasteiger charge is 2.21. The minimum atomic E-state index is 0.229. The first kappa shape index (κ1) is 8.52. The number of rotatable bonds is 2. The predicted molar refractivity (Wildman–Crippen MR) is 55.7 cm³/mol. The highest BCUT2D eigenvalue weighted by molar-refractivity contribution is 5.35. The van der Waals surface area contributed by atoms with Crippen molar-refractivity contribution in [1.82, 2.24) is 0 Å². The van der Waals surface area contributed by atoms with Crippen LogP contribution >= 0.6 is 0 Å². The smallest absolute Gasteiger partial charge is 0.0329 e. The number of benzene rings is 1. The molecule has 1 aliphatic carbocycles. The standard InChI is InChI=1S/C12H15N/c1-2-9-3-5-10(6-4-9)11-7-8-12(11)13/h3-8,11-12H,2,13H2,1H3. The van der Waals surface area contributed by atoms with Crippen molar-refractivity contribution in [2.45, 2.75) is 25.3 Å². The Balaban J connectivity index is 2.19. The monoisotopic (exact) mass is 173 g/mol. The van der Waals surface area contributed by atoms with Crippen LogP contribution in [0.15, 0.2) is 36.4 Å². The molecule has 0 saturated carbocycles. The van der Waals surface area contributed by atoms with Gasteiger partial charge in [0.2, 0.25) is 0 Å². The topological polar surface area (TPSA) is 26.0 Å². The quantitative estimate of drug-likeness (QED) is 0.682. The van der Waals surface area contributed by atoms with Crippen molar-refractivity contribution in [1.29, 1.82) is 0 Å². The molecule has 1 aromatic rings. The molecule has 68 valence electrons. The van der Waals surface area contributed by atoms with Crippen molar-refractivity contribution in [2.75, 3.05) is 0 Å². The fourth-order valence-corrected chi connectivity index (χ4v) is 1.66. The highest BCUT2D eigenvalue weighted by atomic mass is 14.7. The lowest BCUT2D eigenvalue weighted by Crippen LogP contribution is -2.31. The lowest BCUT2D eigenvalue weighted by atomic mass is 9.83. The van der Waals surface area contributed by atoms with Gasteiger partial charge in [-0.3, -0.25) is 0 Å². The Labute approximate surface area is 79.3 Å². The molecule has 0 radical (unpaired) electrons. The molecule has 13 heavy (non-hydrogen) atoms. The number of nitrogens with two attached hydrogens (primary N) is 1. The molecule has 0 spiro atoms. The van der Waals surface area contributed by atoms with Crippen molar-refractivity contribution in [2.24, 2.45) is 5.73 Å². The molecule has 2 N–H and O–H groups in total. The molecule has 0 aliphatic heterocycles. The van der Waals surface area contributed by atoms with Crippen LogP contribution in [0.25, 0.3) is 0 Å². The Morgan fingerprint density at radius 1 is 1.15 bits per heavy atom. The van der Waals surface area contributed by atoms with Crippen molar-refractivity contribution in [3.05, 3.63) is 47.5 Å². The molecule has 0 fully saturated rings. The van der Waals surface area contributed by atoms with Crippen LogP contribution in [0, 0.1) is 0 Å². The van der Waals surface area contributed by atoms with Crippen LogP contribution < -0.4 is 5.73 Å². The van der Waals surface area contributed by atoms with Gasteiger partial charge in [0.05, 0.1) is 0 Å². The Hall–Kier alpha value is -1.08. The van der Waals surface area contributed by atoms with E-state index in [1.54, 1.807) is 0 Å². The van der Waals surface area contributed by atoms with Crippen LogP contribution in [-0.4, -0.2) is 6.04 Å². The van der Waals surface area contributed by atoms with Crippen molar-refractivity contribution in [3.63, 3.8) is 0 Å². The molecule has 0 bridgehead atoms. The van der Waals surface area contributed by atoms with Crippen LogP contribution in [0.4, 0.5) is 0 Å². The molecule has 2 rings (SSSR count). The first-order valence-corrected chi connectivity index (χ1v) is 4.84. The van der Waals surface area contributed by atoms with E-state index in [4.69, 9.17) is 5.73 Å². The van der Waals surface area contributed by atoms with E-state index in [9.17, 15) is 0 Å². The van der Waals surface area contributed by atoms with E-state index in [-0.39, 0.29) is 6.04 Å².